The number of carbonyl (C=O) groups excluding carboxylic acids is 1. The molecule has 0 heterocycles. The lowest BCUT2D eigenvalue weighted by Gasteiger charge is -2.23. The van der Waals surface area contributed by atoms with Crippen molar-refractivity contribution >= 4 is 27.3 Å². The molecule has 0 fully saturated rings. The van der Waals surface area contributed by atoms with Crippen LogP contribution in [0.5, 0.6) is 0 Å². The predicted octanol–water partition coefficient (Wildman–Crippen LogP) is 4.61. The van der Waals surface area contributed by atoms with Crippen molar-refractivity contribution in [2.75, 3.05) is 15.9 Å². The number of hydrogen-bond donors (Lipinski definition) is 1. The standard InChI is InChI=1S/C23H23FN2O3S/c1-3-17-8-12-20(13-9-17)25-23(27)18-10-14-21(15-11-18)26(30(2,28)29)16-19-6-4-5-7-22(19)24/h4-15H,3,16H2,1-2H3,(H,25,27). The molecule has 3 rings (SSSR count). The van der Waals surface area contributed by atoms with Crippen molar-refractivity contribution in [1.82, 2.24) is 0 Å². The quantitative estimate of drug-likeness (QED) is 0.600. The third-order valence-electron chi connectivity index (χ3n) is 4.71. The molecule has 0 bridgehead atoms. The zero-order valence-corrected chi connectivity index (χ0v) is 17.6. The summed E-state index contributed by atoms with van der Waals surface area (Å²) in [6, 6.07) is 19.8. The van der Waals surface area contributed by atoms with Gasteiger partial charge in [0, 0.05) is 16.8 Å². The number of nitrogens with one attached hydrogen (secondary N) is 1. The zero-order chi connectivity index (χ0) is 21.7. The number of rotatable bonds is 7. The summed E-state index contributed by atoms with van der Waals surface area (Å²) < 4.78 is 39.7. The maximum absolute atomic E-state index is 14.0. The molecule has 0 unspecified atom stereocenters. The molecule has 156 valence electrons. The van der Waals surface area contributed by atoms with Crippen LogP contribution in [-0.2, 0) is 23.0 Å². The van der Waals surface area contributed by atoms with Crippen molar-refractivity contribution in [2.24, 2.45) is 0 Å². The molecular weight excluding hydrogens is 403 g/mol. The first-order chi connectivity index (χ1) is 14.3. The number of benzene rings is 3. The van der Waals surface area contributed by atoms with E-state index >= 15 is 0 Å². The van der Waals surface area contributed by atoms with E-state index in [0.717, 1.165) is 17.0 Å². The Kier molecular flexibility index (Phi) is 6.52. The number of nitrogens with zero attached hydrogens (tertiary/aromatic N) is 1. The Morgan fingerprint density at radius 2 is 1.60 bits per heavy atom. The van der Waals surface area contributed by atoms with Gasteiger partial charge >= 0.3 is 0 Å². The van der Waals surface area contributed by atoms with E-state index in [-0.39, 0.29) is 18.0 Å². The van der Waals surface area contributed by atoms with Crippen LogP contribution < -0.4 is 9.62 Å². The number of sulfonamides is 1. The fourth-order valence-electron chi connectivity index (χ4n) is 2.99. The summed E-state index contributed by atoms with van der Waals surface area (Å²) in [5, 5.41) is 2.82. The number of halogens is 1. The van der Waals surface area contributed by atoms with Gasteiger partial charge in [-0.3, -0.25) is 9.10 Å². The molecule has 0 aliphatic heterocycles. The van der Waals surface area contributed by atoms with Crippen LogP contribution in [0, 0.1) is 5.82 Å². The molecule has 1 amide bonds. The van der Waals surface area contributed by atoms with Crippen LogP contribution in [0.1, 0.15) is 28.4 Å². The number of amides is 1. The van der Waals surface area contributed by atoms with Gasteiger partial charge in [0.15, 0.2) is 0 Å². The van der Waals surface area contributed by atoms with Crippen LogP contribution in [-0.4, -0.2) is 20.6 Å². The van der Waals surface area contributed by atoms with Gasteiger partial charge in [-0.05, 0) is 54.4 Å². The Bertz CT molecular complexity index is 1130. The largest absolute Gasteiger partial charge is 0.322 e. The fraction of sp³-hybridized carbons (Fsp3) is 0.174. The van der Waals surface area contributed by atoms with E-state index in [9.17, 15) is 17.6 Å². The summed E-state index contributed by atoms with van der Waals surface area (Å²) in [5.41, 5.74) is 2.86. The van der Waals surface area contributed by atoms with Gasteiger partial charge < -0.3 is 5.32 Å². The summed E-state index contributed by atoms with van der Waals surface area (Å²) in [7, 11) is -3.66. The SMILES string of the molecule is CCc1ccc(NC(=O)c2ccc(N(Cc3ccccc3F)S(C)(=O)=O)cc2)cc1. The molecule has 0 atom stereocenters. The molecular formula is C23H23FN2O3S. The lowest BCUT2D eigenvalue weighted by Crippen LogP contribution is -2.29. The third-order valence-corrected chi connectivity index (χ3v) is 5.85. The highest BCUT2D eigenvalue weighted by Gasteiger charge is 2.20. The van der Waals surface area contributed by atoms with Gasteiger partial charge in [-0.25, -0.2) is 12.8 Å². The van der Waals surface area contributed by atoms with Crippen LogP contribution in [0.3, 0.4) is 0 Å². The number of anilines is 2. The molecule has 0 aromatic heterocycles. The first kappa shape index (κ1) is 21.5. The summed E-state index contributed by atoms with van der Waals surface area (Å²) in [4.78, 5) is 12.5. The molecule has 0 saturated heterocycles. The summed E-state index contributed by atoms with van der Waals surface area (Å²) in [5.74, 6) is -0.776. The predicted molar refractivity (Wildman–Crippen MR) is 118 cm³/mol. The lowest BCUT2D eigenvalue weighted by molar-refractivity contribution is 0.102. The molecule has 0 spiro atoms. The summed E-state index contributed by atoms with van der Waals surface area (Å²) >= 11 is 0. The van der Waals surface area contributed by atoms with Crippen LogP contribution in [0.4, 0.5) is 15.8 Å². The van der Waals surface area contributed by atoms with E-state index in [0.29, 0.717) is 16.9 Å². The maximum Gasteiger partial charge on any atom is 0.255 e. The summed E-state index contributed by atoms with van der Waals surface area (Å²) in [6.45, 7) is 1.92. The molecule has 0 aliphatic rings. The van der Waals surface area contributed by atoms with Gasteiger partial charge in [0.25, 0.3) is 5.91 Å². The van der Waals surface area contributed by atoms with Gasteiger partial charge in [-0.15, -0.1) is 0 Å². The first-order valence-corrected chi connectivity index (χ1v) is 11.3. The minimum atomic E-state index is -3.66. The smallest absolute Gasteiger partial charge is 0.255 e. The van der Waals surface area contributed by atoms with Crippen molar-refractivity contribution in [1.29, 1.82) is 0 Å². The van der Waals surface area contributed by atoms with E-state index in [1.54, 1.807) is 30.3 Å². The second kappa shape index (κ2) is 9.09. The molecule has 1 N–H and O–H groups in total. The van der Waals surface area contributed by atoms with Crippen molar-refractivity contribution in [2.45, 2.75) is 19.9 Å². The van der Waals surface area contributed by atoms with E-state index in [4.69, 9.17) is 0 Å². The zero-order valence-electron chi connectivity index (χ0n) is 16.8. The van der Waals surface area contributed by atoms with E-state index in [1.165, 1.54) is 23.8 Å². The molecule has 5 nitrogen and oxygen atoms in total. The summed E-state index contributed by atoms with van der Waals surface area (Å²) in [6.07, 6.45) is 1.98. The fourth-order valence-corrected chi connectivity index (χ4v) is 3.87. The minimum Gasteiger partial charge on any atom is -0.322 e. The first-order valence-electron chi connectivity index (χ1n) is 9.49. The van der Waals surface area contributed by atoms with Crippen LogP contribution in [0.15, 0.2) is 72.8 Å². The number of aryl methyl sites for hydroxylation is 1. The Labute approximate surface area is 176 Å². The number of carbonyl (C=O) groups is 1. The van der Waals surface area contributed by atoms with Crippen molar-refractivity contribution in [3.05, 3.63) is 95.3 Å². The second-order valence-corrected chi connectivity index (χ2v) is 8.82. The molecule has 3 aromatic carbocycles. The third kappa shape index (κ3) is 5.24. The van der Waals surface area contributed by atoms with E-state index in [2.05, 4.69) is 12.2 Å². The van der Waals surface area contributed by atoms with Gasteiger partial charge in [-0.1, -0.05) is 37.3 Å². The topological polar surface area (TPSA) is 66.5 Å². The van der Waals surface area contributed by atoms with Crippen LogP contribution in [0.25, 0.3) is 0 Å². The second-order valence-electron chi connectivity index (χ2n) is 6.91. The van der Waals surface area contributed by atoms with Crippen molar-refractivity contribution in [3.63, 3.8) is 0 Å². The van der Waals surface area contributed by atoms with Crippen molar-refractivity contribution < 1.29 is 17.6 Å². The van der Waals surface area contributed by atoms with Crippen molar-refractivity contribution in [3.8, 4) is 0 Å². The Morgan fingerprint density at radius 1 is 0.967 bits per heavy atom. The van der Waals surface area contributed by atoms with Gasteiger partial charge in [0.1, 0.15) is 5.82 Å². The van der Waals surface area contributed by atoms with Gasteiger partial charge in [0.2, 0.25) is 10.0 Å². The van der Waals surface area contributed by atoms with E-state index < -0.39 is 15.8 Å². The lowest BCUT2D eigenvalue weighted by atomic mass is 10.1. The van der Waals surface area contributed by atoms with Gasteiger partial charge in [-0.2, -0.15) is 0 Å². The van der Waals surface area contributed by atoms with Gasteiger partial charge in [0.05, 0.1) is 18.5 Å². The Balaban J connectivity index is 1.79. The van der Waals surface area contributed by atoms with Crippen LogP contribution >= 0.6 is 0 Å². The highest BCUT2D eigenvalue weighted by molar-refractivity contribution is 7.92. The normalized spacial score (nSPS) is 11.2. The molecule has 3 aromatic rings. The van der Waals surface area contributed by atoms with Crippen LogP contribution in [0.2, 0.25) is 0 Å². The Morgan fingerprint density at radius 3 is 2.17 bits per heavy atom. The average Bonchev–Trinajstić information content (AvgIpc) is 2.73. The molecule has 0 radical (unpaired) electrons. The highest BCUT2D eigenvalue weighted by Crippen LogP contribution is 2.23. The monoisotopic (exact) mass is 426 g/mol. The highest BCUT2D eigenvalue weighted by atomic mass is 32.2. The average molecular weight is 427 g/mol. The Hall–Kier alpha value is -3.19. The molecule has 0 saturated carbocycles. The number of hydrogen-bond acceptors (Lipinski definition) is 3. The molecule has 30 heavy (non-hydrogen) atoms. The minimum absolute atomic E-state index is 0.138. The molecule has 0 aliphatic carbocycles. The molecule has 7 heteroatoms. The van der Waals surface area contributed by atoms with E-state index in [1.807, 2.05) is 24.3 Å². The maximum atomic E-state index is 14.0.